The van der Waals surface area contributed by atoms with E-state index in [9.17, 15) is 9.59 Å². The Balaban J connectivity index is 1.79. The van der Waals surface area contributed by atoms with Crippen LogP contribution in [0.3, 0.4) is 0 Å². The molecule has 2 rings (SSSR count). The van der Waals surface area contributed by atoms with Crippen LogP contribution in [0.4, 0.5) is 5.69 Å². The van der Waals surface area contributed by atoms with Crippen LogP contribution in [-0.4, -0.2) is 49.9 Å². The third-order valence-electron chi connectivity index (χ3n) is 4.39. The highest BCUT2D eigenvalue weighted by atomic mass is 35.5. The maximum Gasteiger partial charge on any atom is 0.277 e. The second-order valence-electron chi connectivity index (χ2n) is 6.54. The van der Waals surface area contributed by atoms with Gasteiger partial charge >= 0.3 is 0 Å². The van der Waals surface area contributed by atoms with E-state index < -0.39 is 0 Å². The number of piperidine rings is 1. The normalized spacial score (nSPS) is 20.5. The molecule has 0 unspecified atom stereocenters. The molecule has 1 heterocycles. The Morgan fingerprint density at radius 1 is 1.25 bits per heavy atom. The first-order chi connectivity index (χ1) is 11.3. The Morgan fingerprint density at radius 2 is 1.92 bits per heavy atom. The number of rotatable bonds is 5. The lowest BCUT2D eigenvalue weighted by molar-refractivity contribution is -0.898. The summed E-state index contributed by atoms with van der Waals surface area (Å²) in [5.41, 5.74) is 0.561. The van der Waals surface area contributed by atoms with Crippen LogP contribution in [0, 0.1) is 5.92 Å². The van der Waals surface area contributed by atoms with Crippen LogP contribution in [0.2, 0.25) is 10.0 Å². The van der Waals surface area contributed by atoms with E-state index in [0.717, 1.165) is 31.8 Å². The molecule has 1 fully saturated rings. The number of amides is 2. The van der Waals surface area contributed by atoms with E-state index in [4.69, 9.17) is 23.2 Å². The number of likely N-dealkylation sites (N-methyl/N-ethyl adjacent to an activating group) is 1. The number of benzene rings is 1. The highest BCUT2D eigenvalue weighted by Crippen LogP contribution is 2.24. The topological polar surface area (TPSA) is 53.9 Å². The Hall–Kier alpha value is -1.30. The van der Waals surface area contributed by atoms with Crippen LogP contribution in [0.5, 0.6) is 0 Å². The Bertz CT molecular complexity index is 601. The molecule has 0 radical (unpaired) electrons. The summed E-state index contributed by atoms with van der Waals surface area (Å²) in [7, 11) is 1.66. The molecule has 1 saturated heterocycles. The average Bonchev–Trinajstić information content (AvgIpc) is 2.53. The molecular formula is C17H24Cl2N3O2+. The van der Waals surface area contributed by atoms with Gasteiger partial charge in [-0.25, -0.2) is 0 Å². The van der Waals surface area contributed by atoms with Crippen LogP contribution in [0.1, 0.15) is 19.8 Å². The number of carbonyl (C=O) groups is 2. The third kappa shape index (κ3) is 5.65. The fraction of sp³-hybridized carbons (Fsp3) is 0.529. The van der Waals surface area contributed by atoms with Crippen molar-refractivity contribution in [1.82, 2.24) is 4.90 Å². The Kier molecular flexibility index (Phi) is 6.90. The Morgan fingerprint density at radius 3 is 2.54 bits per heavy atom. The first kappa shape index (κ1) is 19.0. The number of hydrogen-bond acceptors (Lipinski definition) is 2. The number of nitrogens with zero attached hydrogens (tertiary/aromatic N) is 1. The van der Waals surface area contributed by atoms with Gasteiger partial charge in [-0.3, -0.25) is 9.59 Å². The largest absolute Gasteiger partial charge is 0.332 e. The van der Waals surface area contributed by atoms with Gasteiger partial charge in [0.15, 0.2) is 6.54 Å². The van der Waals surface area contributed by atoms with E-state index in [1.165, 1.54) is 9.80 Å². The van der Waals surface area contributed by atoms with Gasteiger partial charge in [0.05, 0.1) is 29.7 Å². The van der Waals surface area contributed by atoms with Gasteiger partial charge in [-0.15, -0.1) is 0 Å². The summed E-state index contributed by atoms with van der Waals surface area (Å²) >= 11 is 11.8. The quantitative estimate of drug-likeness (QED) is 0.826. The zero-order chi connectivity index (χ0) is 17.7. The molecule has 0 aromatic heterocycles. The molecule has 132 valence electrons. The van der Waals surface area contributed by atoms with Crippen molar-refractivity contribution in [2.24, 2.45) is 5.92 Å². The molecule has 7 heteroatoms. The smallest absolute Gasteiger partial charge is 0.277 e. The highest BCUT2D eigenvalue weighted by molar-refractivity contribution is 6.42. The minimum Gasteiger partial charge on any atom is -0.332 e. The number of quaternary nitrogens is 1. The molecule has 2 amide bonds. The van der Waals surface area contributed by atoms with Crippen molar-refractivity contribution in [1.29, 1.82) is 0 Å². The standard InChI is InChI=1S/C17H23Cl2N3O2/c1-12-5-7-22(8-6-12)11-17(24)21(2)10-16(23)20-13-3-4-14(18)15(19)9-13/h3-4,9,12H,5-8,10-11H2,1-2H3,(H,20,23)/p+1. The van der Waals surface area contributed by atoms with E-state index in [0.29, 0.717) is 22.3 Å². The number of nitrogens with one attached hydrogen (secondary N) is 2. The van der Waals surface area contributed by atoms with Crippen molar-refractivity contribution in [3.05, 3.63) is 28.2 Å². The van der Waals surface area contributed by atoms with Gasteiger partial charge in [0.25, 0.3) is 5.91 Å². The minimum absolute atomic E-state index is 0.0103. The van der Waals surface area contributed by atoms with Gasteiger partial charge in [-0.05, 0) is 37.0 Å². The second-order valence-corrected chi connectivity index (χ2v) is 7.35. The summed E-state index contributed by atoms with van der Waals surface area (Å²) in [6.45, 7) is 4.76. The fourth-order valence-electron chi connectivity index (χ4n) is 2.77. The molecule has 1 aromatic carbocycles. The Labute approximate surface area is 152 Å². The molecule has 5 nitrogen and oxygen atoms in total. The predicted molar refractivity (Wildman–Crippen MR) is 96.7 cm³/mol. The maximum absolute atomic E-state index is 12.3. The minimum atomic E-state index is -0.258. The lowest BCUT2D eigenvalue weighted by atomic mass is 9.99. The van der Waals surface area contributed by atoms with E-state index in [1.54, 1.807) is 25.2 Å². The van der Waals surface area contributed by atoms with E-state index in [1.807, 2.05) is 0 Å². The molecule has 0 bridgehead atoms. The number of likely N-dealkylation sites (tertiary alicyclic amines) is 1. The van der Waals surface area contributed by atoms with Gasteiger partial charge in [0.2, 0.25) is 5.91 Å². The summed E-state index contributed by atoms with van der Waals surface area (Å²) in [6.07, 6.45) is 2.31. The summed E-state index contributed by atoms with van der Waals surface area (Å²) in [5, 5.41) is 3.53. The van der Waals surface area contributed by atoms with Crippen LogP contribution < -0.4 is 10.2 Å². The van der Waals surface area contributed by atoms with Crippen LogP contribution >= 0.6 is 23.2 Å². The maximum atomic E-state index is 12.3. The van der Waals surface area contributed by atoms with Gasteiger partial charge in [0.1, 0.15) is 0 Å². The van der Waals surface area contributed by atoms with Crippen molar-refractivity contribution in [3.8, 4) is 0 Å². The van der Waals surface area contributed by atoms with Crippen molar-refractivity contribution in [2.75, 3.05) is 38.5 Å². The molecule has 24 heavy (non-hydrogen) atoms. The van der Waals surface area contributed by atoms with Crippen molar-refractivity contribution in [3.63, 3.8) is 0 Å². The van der Waals surface area contributed by atoms with Gasteiger partial charge in [-0.2, -0.15) is 0 Å². The lowest BCUT2D eigenvalue weighted by Crippen LogP contribution is -3.14. The third-order valence-corrected chi connectivity index (χ3v) is 5.13. The van der Waals surface area contributed by atoms with Crippen molar-refractivity contribution >= 4 is 40.7 Å². The fourth-order valence-corrected chi connectivity index (χ4v) is 3.07. The second kappa shape index (κ2) is 8.70. The van der Waals surface area contributed by atoms with Crippen LogP contribution in [-0.2, 0) is 9.59 Å². The van der Waals surface area contributed by atoms with Crippen LogP contribution in [0.25, 0.3) is 0 Å². The number of halogens is 2. The molecule has 0 atom stereocenters. The van der Waals surface area contributed by atoms with Crippen molar-refractivity contribution < 1.29 is 14.5 Å². The average molecular weight is 373 g/mol. The van der Waals surface area contributed by atoms with Gasteiger partial charge < -0.3 is 15.1 Å². The molecule has 1 aliphatic heterocycles. The molecule has 0 aliphatic carbocycles. The molecule has 1 aliphatic rings. The first-order valence-corrected chi connectivity index (χ1v) is 8.93. The van der Waals surface area contributed by atoms with Crippen LogP contribution in [0.15, 0.2) is 18.2 Å². The lowest BCUT2D eigenvalue weighted by Gasteiger charge is -2.28. The number of carbonyl (C=O) groups excluding carboxylic acids is 2. The zero-order valence-electron chi connectivity index (χ0n) is 14.1. The SMILES string of the molecule is CC1CC[NH+](CC(=O)N(C)CC(=O)Nc2ccc(Cl)c(Cl)c2)CC1. The monoisotopic (exact) mass is 372 g/mol. The summed E-state index contributed by atoms with van der Waals surface area (Å²) < 4.78 is 0. The van der Waals surface area contributed by atoms with Gasteiger partial charge in [-0.1, -0.05) is 30.1 Å². The predicted octanol–water partition coefficient (Wildman–Crippen LogP) is 1.71. The molecular weight excluding hydrogens is 349 g/mol. The molecule has 1 aromatic rings. The highest BCUT2D eigenvalue weighted by Gasteiger charge is 2.23. The molecule has 0 spiro atoms. The van der Waals surface area contributed by atoms with E-state index in [2.05, 4.69) is 12.2 Å². The van der Waals surface area contributed by atoms with E-state index >= 15 is 0 Å². The summed E-state index contributed by atoms with van der Waals surface area (Å²) in [4.78, 5) is 27.1. The summed E-state index contributed by atoms with van der Waals surface area (Å²) in [5.74, 6) is 0.480. The van der Waals surface area contributed by atoms with Crippen molar-refractivity contribution in [2.45, 2.75) is 19.8 Å². The number of anilines is 1. The molecule has 2 N–H and O–H groups in total. The molecule has 0 saturated carbocycles. The number of hydrogen-bond donors (Lipinski definition) is 2. The van der Waals surface area contributed by atoms with E-state index in [-0.39, 0.29) is 18.4 Å². The zero-order valence-corrected chi connectivity index (χ0v) is 15.6. The van der Waals surface area contributed by atoms with Gasteiger partial charge in [0, 0.05) is 12.7 Å². The summed E-state index contributed by atoms with van der Waals surface area (Å²) in [6, 6.07) is 4.88. The first-order valence-electron chi connectivity index (χ1n) is 8.17.